The first-order valence-corrected chi connectivity index (χ1v) is 6.49. The van der Waals surface area contributed by atoms with Gasteiger partial charge in [0.2, 0.25) is 5.91 Å². The predicted octanol–water partition coefficient (Wildman–Crippen LogP) is 2.62. The summed E-state index contributed by atoms with van der Waals surface area (Å²) in [6.07, 6.45) is 4.20. The zero-order valence-electron chi connectivity index (χ0n) is 11.1. The lowest BCUT2D eigenvalue weighted by molar-refractivity contribution is -0.121. The Kier molecular flexibility index (Phi) is 5.39. The van der Waals surface area contributed by atoms with Crippen LogP contribution in [0.3, 0.4) is 0 Å². The zero-order chi connectivity index (χ0) is 14.0. The van der Waals surface area contributed by atoms with Crippen molar-refractivity contribution < 1.29 is 9.21 Å². The van der Waals surface area contributed by atoms with Crippen LogP contribution in [0.1, 0.15) is 18.6 Å². The van der Waals surface area contributed by atoms with E-state index in [1.807, 2.05) is 30.3 Å². The minimum atomic E-state index is -0.109. The zero-order valence-corrected chi connectivity index (χ0v) is 11.1. The van der Waals surface area contributed by atoms with Crippen molar-refractivity contribution in [1.29, 1.82) is 0 Å². The lowest BCUT2D eigenvalue weighted by Crippen LogP contribution is -2.18. The van der Waals surface area contributed by atoms with E-state index in [9.17, 15) is 4.79 Å². The highest BCUT2D eigenvalue weighted by molar-refractivity contribution is 5.80. The number of hydrogen-bond donors (Lipinski definition) is 2. The average molecular weight is 271 g/mol. The van der Waals surface area contributed by atoms with Crippen LogP contribution in [0.5, 0.6) is 0 Å². The number of rotatable bonds is 7. The second-order valence-corrected chi connectivity index (χ2v) is 4.20. The number of hydrazone groups is 1. The fraction of sp³-hybridized carbons (Fsp3) is 0.200. The van der Waals surface area contributed by atoms with Crippen LogP contribution in [0, 0.1) is 0 Å². The molecule has 0 aliphatic rings. The summed E-state index contributed by atoms with van der Waals surface area (Å²) in [5, 5.41) is 7.06. The molecular formula is C15H17N3O2. The number of hydrogen-bond acceptors (Lipinski definition) is 4. The van der Waals surface area contributed by atoms with Crippen molar-refractivity contribution >= 4 is 17.8 Å². The molecule has 0 bridgehead atoms. The summed E-state index contributed by atoms with van der Waals surface area (Å²) in [4.78, 5) is 11.5. The van der Waals surface area contributed by atoms with Crippen molar-refractivity contribution in [2.24, 2.45) is 5.10 Å². The number of benzene rings is 1. The largest absolute Gasteiger partial charge is 0.463 e. The molecule has 20 heavy (non-hydrogen) atoms. The molecule has 2 N–H and O–H groups in total. The normalized spacial score (nSPS) is 10.6. The second-order valence-electron chi connectivity index (χ2n) is 4.20. The molecule has 0 aliphatic carbocycles. The van der Waals surface area contributed by atoms with Crippen molar-refractivity contribution in [3.8, 4) is 0 Å². The Morgan fingerprint density at radius 1 is 1.20 bits per heavy atom. The number of anilines is 1. The third kappa shape index (κ3) is 4.97. The van der Waals surface area contributed by atoms with Gasteiger partial charge in [-0.3, -0.25) is 4.79 Å². The number of furan rings is 1. The number of nitrogens with zero attached hydrogens (tertiary/aromatic N) is 1. The van der Waals surface area contributed by atoms with Crippen molar-refractivity contribution in [2.45, 2.75) is 12.8 Å². The number of amides is 1. The van der Waals surface area contributed by atoms with Crippen molar-refractivity contribution in [2.75, 3.05) is 11.9 Å². The van der Waals surface area contributed by atoms with E-state index < -0.39 is 0 Å². The summed E-state index contributed by atoms with van der Waals surface area (Å²) in [5.41, 5.74) is 3.52. The van der Waals surface area contributed by atoms with Crippen LogP contribution in [-0.2, 0) is 4.79 Å². The molecule has 0 radical (unpaired) electrons. The number of carbonyl (C=O) groups excluding carboxylic acids is 1. The molecular weight excluding hydrogens is 254 g/mol. The molecule has 0 aliphatic heterocycles. The number of carbonyl (C=O) groups is 1. The minimum Gasteiger partial charge on any atom is -0.463 e. The molecule has 2 rings (SSSR count). The van der Waals surface area contributed by atoms with E-state index in [1.54, 1.807) is 18.4 Å². The summed E-state index contributed by atoms with van der Waals surface area (Å²) in [6, 6.07) is 13.4. The monoisotopic (exact) mass is 271 g/mol. The quantitative estimate of drug-likeness (QED) is 0.462. The molecule has 5 nitrogen and oxygen atoms in total. The van der Waals surface area contributed by atoms with Crippen LogP contribution >= 0.6 is 0 Å². The molecule has 104 valence electrons. The van der Waals surface area contributed by atoms with Crippen LogP contribution in [0.4, 0.5) is 5.69 Å². The topological polar surface area (TPSA) is 66.6 Å². The van der Waals surface area contributed by atoms with Gasteiger partial charge in [-0.15, -0.1) is 0 Å². The van der Waals surface area contributed by atoms with E-state index in [0.717, 1.165) is 18.7 Å². The molecule has 0 fully saturated rings. The fourth-order valence-corrected chi connectivity index (χ4v) is 1.63. The number of nitrogens with one attached hydrogen (secondary N) is 2. The molecule has 0 atom stereocenters. The molecule has 0 unspecified atom stereocenters. The van der Waals surface area contributed by atoms with Crippen molar-refractivity contribution in [3.63, 3.8) is 0 Å². The highest BCUT2D eigenvalue weighted by atomic mass is 16.3. The Morgan fingerprint density at radius 2 is 2.05 bits per heavy atom. The van der Waals surface area contributed by atoms with Crippen LogP contribution in [0.25, 0.3) is 0 Å². The van der Waals surface area contributed by atoms with Gasteiger partial charge in [0, 0.05) is 18.7 Å². The SMILES string of the molecule is O=C(CCCNc1ccccc1)N/N=C/c1ccco1. The Morgan fingerprint density at radius 3 is 2.80 bits per heavy atom. The molecule has 2 aromatic rings. The number of para-hydroxylation sites is 1. The Bertz CT molecular complexity index is 536. The first-order valence-electron chi connectivity index (χ1n) is 6.49. The molecule has 1 aromatic heterocycles. The van der Waals surface area contributed by atoms with Gasteiger partial charge in [0.15, 0.2) is 0 Å². The summed E-state index contributed by atoms with van der Waals surface area (Å²) in [5.74, 6) is 0.499. The van der Waals surface area contributed by atoms with E-state index in [4.69, 9.17) is 4.42 Å². The van der Waals surface area contributed by atoms with Gasteiger partial charge < -0.3 is 9.73 Å². The van der Waals surface area contributed by atoms with E-state index in [2.05, 4.69) is 15.8 Å². The van der Waals surface area contributed by atoms with Crippen LogP contribution < -0.4 is 10.7 Å². The average Bonchev–Trinajstić information content (AvgIpc) is 2.98. The van der Waals surface area contributed by atoms with Gasteiger partial charge in [0.25, 0.3) is 0 Å². The highest BCUT2D eigenvalue weighted by Gasteiger charge is 1.99. The van der Waals surface area contributed by atoms with Crippen LogP contribution in [0.2, 0.25) is 0 Å². The van der Waals surface area contributed by atoms with Gasteiger partial charge in [0.05, 0.1) is 12.5 Å². The maximum atomic E-state index is 11.5. The molecule has 1 heterocycles. The molecule has 1 amide bonds. The van der Waals surface area contributed by atoms with Gasteiger partial charge in [0.1, 0.15) is 5.76 Å². The van der Waals surface area contributed by atoms with E-state index in [0.29, 0.717) is 12.2 Å². The summed E-state index contributed by atoms with van der Waals surface area (Å²) >= 11 is 0. The molecule has 0 spiro atoms. The molecule has 1 aromatic carbocycles. The minimum absolute atomic E-state index is 0.109. The molecule has 0 saturated heterocycles. The lowest BCUT2D eigenvalue weighted by atomic mass is 10.2. The summed E-state index contributed by atoms with van der Waals surface area (Å²) in [6.45, 7) is 0.749. The smallest absolute Gasteiger partial charge is 0.240 e. The van der Waals surface area contributed by atoms with Gasteiger partial charge in [-0.2, -0.15) is 5.10 Å². The summed E-state index contributed by atoms with van der Waals surface area (Å²) in [7, 11) is 0. The fourth-order valence-electron chi connectivity index (χ4n) is 1.63. The van der Waals surface area contributed by atoms with E-state index in [1.165, 1.54) is 6.21 Å². The van der Waals surface area contributed by atoms with E-state index in [-0.39, 0.29) is 5.91 Å². The van der Waals surface area contributed by atoms with Crippen molar-refractivity contribution in [3.05, 3.63) is 54.5 Å². The summed E-state index contributed by atoms with van der Waals surface area (Å²) < 4.78 is 5.05. The van der Waals surface area contributed by atoms with E-state index >= 15 is 0 Å². The van der Waals surface area contributed by atoms with Crippen LogP contribution in [-0.4, -0.2) is 18.7 Å². The van der Waals surface area contributed by atoms with Crippen LogP contribution in [0.15, 0.2) is 58.2 Å². The lowest BCUT2D eigenvalue weighted by Gasteiger charge is -2.05. The highest BCUT2D eigenvalue weighted by Crippen LogP contribution is 2.04. The van der Waals surface area contributed by atoms with Gasteiger partial charge in [-0.25, -0.2) is 5.43 Å². The van der Waals surface area contributed by atoms with Gasteiger partial charge in [-0.05, 0) is 30.7 Å². The Labute approximate surface area is 117 Å². The first-order chi connectivity index (χ1) is 9.84. The molecule has 5 heteroatoms. The maximum absolute atomic E-state index is 11.5. The van der Waals surface area contributed by atoms with Crippen molar-refractivity contribution in [1.82, 2.24) is 5.43 Å². The molecule has 0 saturated carbocycles. The Hall–Kier alpha value is -2.56. The second kappa shape index (κ2) is 7.78. The standard InChI is InChI=1S/C15H17N3O2/c19-15(18-17-12-14-8-5-11-20-14)9-4-10-16-13-6-2-1-3-7-13/h1-3,5-8,11-12,16H,4,9-10H2,(H,18,19)/b17-12+. The Balaban J connectivity index is 1.58. The predicted molar refractivity (Wildman–Crippen MR) is 78.6 cm³/mol. The van der Waals surface area contributed by atoms with Gasteiger partial charge in [-0.1, -0.05) is 18.2 Å². The third-order valence-corrected chi connectivity index (χ3v) is 2.61. The maximum Gasteiger partial charge on any atom is 0.240 e. The van der Waals surface area contributed by atoms with Gasteiger partial charge >= 0.3 is 0 Å². The third-order valence-electron chi connectivity index (χ3n) is 2.61. The first kappa shape index (κ1) is 13.9.